The van der Waals surface area contributed by atoms with Crippen LogP contribution in [-0.2, 0) is 16.6 Å². The molecule has 0 saturated carbocycles. The standard InChI is InChI=1S/C19H22ClN3O3S/c1-27(25,26)21-18-7-3-5-16(13-18)19(24)23-10-8-22(9-11-23)14-15-4-2-6-17(20)12-15/h2-7,12-13,21H,8-11,14H2,1H3. The van der Waals surface area contributed by atoms with Crippen molar-refractivity contribution in [2.75, 3.05) is 37.2 Å². The molecule has 3 rings (SSSR count). The number of piperazine rings is 1. The molecule has 1 aliphatic rings. The zero-order valence-electron chi connectivity index (χ0n) is 15.1. The van der Waals surface area contributed by atoms with E-state index in [1.807, 2.05) is 24.3 Å². The molecule has 1 N–H and O–H groups in total. The number of amides is 1. The average Bonchev–Trinajstić information content (AvgIpc) is 2.61. The first-order valence-corrected chi connectivity index (χ1v) is 10.9. The molecule has 2 aromatic carbocycles. The Morgan fingerprint density at radius 1 is 1.07 bits per heavy atom. The third-order valence-corrected chi connectivity index (χ3v) is 5.21. The molecule has 0 unspecified atom stereocenters. The van der Waals surface area contributed by atoms with E-state index in [1.165, 1.54) is 0 Å². The molecular weight excluding hydrogens is 386 g/mol. The summed E-state index contributed by atoms with van der Waals surface area (Å²) in [6.07, 6.45) is 1.08. The van der Waals surface area contributed by atoms with Gasteiger partial charge in [-0.15, -0.1) is 0 Å². The Hall–Kier alpha value is -2.09. The van der Waals surface area contributed by atoms with E-state index in [0.717, 1.165) is 36.5 Å². The van der Waals surface area contributed by atoms with Crippen molar-refractivity contribution in [2.45, 2.75) is 6.54 Å². The van der Waals surface area contributed by atoms with Gasteiger partial charge in [0.15, 0.2) is 0 Å². The van der Waals surface area contributed by atoms with Gasteiger partial charge in [0, 0.05) is 49.0 Å². The first-order valence-electron chi connectivity index (χ1n) is 8.64. The van der Waals surface area contributed by atoms with Crippen LogP contribution in [0, 0.1) is 0 Å². The Bertz CT molecular complexity index is 925. The summed E-state index contributed by atoms with van der Waals surface area (Å²) in [5.74, 6) is -0.0884. The van der Waals surface area contributed by atoms with E-state index in [-0.39, 0.29) is 5.91 Å². The van der Waals surface area contributed by atoms with Gasteiger partial charge in [0.2, 0.25) is 10.0 Å². The van der Waals surface area contributed by atoms with E-state index in [1.54, 1.807) is 29.2 Å². The largest absolute Gasteiger partial charge is 0.336 e. The zero-order chi connectivity index (χ0) is 19.4. The normalized spacial score (nSPS) is 15.6. The maximum atomic E-state index is 12.7. The van der Waals surface area contributed by atoms with E-state index in [0.29, 0.717) is 24.3 Å². The minimum atomic E-state index is -3.38. The summed E-state index contributed by atoms with van der Waals surface area (Å²) < 4.78 is 25.1. The van der Waals surface area contributed by atoms with Crippen LogP contribution >= 0.6 is 11.6 Å². The lowest BCUT2D eigenvalue weighted by molar-refractivity contribution is 0.0628. The molecule has 1 fully saturated rings. The Balaban J connectivity index is 1.59. The lowest BCUT2D eigenvalue weighted by atomic mass is 10.1. The molecular formula is C19H22ClN3O3S. The molecule has 1 heterocycles. The fraction of sp³-hybridized carbons (Fsp3) is 0.316. The summed E-state index contributed by atoms with van der Waals surface area (Å²) in [6, 6.07) is 14.4. The number of halogens is 1. The van der Waals surface area contributed by atoms with Crippen molar-refractivity contribution in [2.24, 2.45) is 0 Å². The number of nitrogens with zero attached hydrogens (tertiary/aromatic N) is 2. The van der Waals surface area contributed by atoms with Gasteiger partial charge in [0.05, 0.1) is 6.26 Å². The Morgan fingerprint density at radius 2 is 1.78 bits per heavy atom. The maximum Gasteiger partial charge on any atom is 0.254 e. The Labute approximate surface area is 164 Å². The summed E-state index contributed by atoms with van der Waals surface area (Å²) in [7, 11) is -3.38. The van der Waals surface area contributed by atoms with E-state index < -0.39 is 10.0 Å². The topological polar surface area (TPSA) is 69.7 Å². The number of hydrogen-bond acceptors (Lipinski definition) is 4. The minimum Gasteiger partial charge on any atom is -0.336 e. The van der Waals surface area contributed by atoms with Crippen LogP contribution in [0.1, 0.15) is 15.9 Å². The van der Waals surface area contributed by atoms with Crippen molar-refractivity contribution in [3.63, 3.8) is 0 Å². The third-order valence-electron chi connectivity index (χ3n) is 4.37. The quantitative estimate of drug-likeness (QED) is 0.827. The van der Waals surface area contributed by atoms with Crippen LogP contribution in [0.2, 0.25) is 5.02 Å². The van der Waals surface area contributed by atoms with Gasteiger partial charge >= 0.3 is 0 Å². The Kier molecular flexibility index (Phi) is 6.04. The van der Waals surface area contributed by atoms with Crippen LogP contribution in [0.4, 0.5) is 5.69 Å². The van der Waals surface area contributed by atoms with Crippen LogP contribution in [0.3, 0.4) is 0 Å². The SMILES string of the molecule is CS(=O)(=O)Nc1cccc(C(=O)N2CCN(Cc3cccc(Cl)c3)CC2)c1. The van der Waals surface area contributed by atoms with Gasteiger partial charge in [-0.2, -0.15) is 0 Å². The van der Waals surface area contributed by atoms with E-state index >= 15 is 0 Å². The lowest BCUT2D eigenvalue weighted by Crippen LogP contribution is -2.48. The fourth-order valence-electron chi connectivity index (χ4n) is 3.11. The monoisotopic (exact) mass is 407 g/mol. The molecule has 0 atom stereocenters. The highest BCUT2D eigenvalue weighted by atomic mass is 35.5. The number of carbonyl (C=O) groups is 1. The second-order valence-electron chi connectivity index (χ2n) is 6.65. The lowest BCUT2D eigenvalue weighted by Gasteiger charge is -2.34. The Morgan fingerprint density at radius 3 is 2.44 bits per heavy atom. The zero-order valence-corrected chi connectivity index (χ0v) is 16.6. The highest BCUT2D eigenvalue weighted by molar-refractivity contribution is 7.92. The molecule has 144 valence electrons. The van der Waals surface area contributed by atoms with Crippen molar-refractivity contribution < 1.29 is 13.2 Å². The minimum absolute atomic E-state index is 0.0884. The number of rotatable bonds is 5. The average molecular weight is 408 g/mol. The number of carbonyl (C=O) groups excluding carboxylic acids is 1. The van der Waals surface area contributed by atoms with Crippen molar-refractivity contribution >= 4 is 33.2 Å². The molecule has 0 aliphatic carbocycles. The fourth-order valence-corrected chi connectivity index (χ4v) is 3.88. The van der Waals surface area contributed by atoms with Gasteiger partial charge in [-0.1, -0.05) is 29.8 Å². The van der Waals surface area contributed by atoms with Crippen LogP contribution in [0.5, 0.6) is 0 Å². The number of anilines is 1. The molecule has 0 bridgehead atoms. The first kappa shape index (κ1) is 19.7. The second-order valence-corrected chi connectivity index (χ2v) is 8.84. The molecule has 0 radical (unpaired) electrons. The van der Waals surface area contributed by atoms with Crippen molar-refractivity contribution in [1.82, 2.24) is 9.80 Å². The van der Waals surface area contributed by atoms with Crippen molar-refractivity contribution in [3.8, 4) is 0 Å². The van der Waals surface area contributed by atoms with E-state index in [2.05, 4.69) is 9.62 Å². The smallest absolute Gasteiger partial charge is 0.254 e. The number of benzene rings is 2. The third kappa shape index (κ3) is 5.69. The summed E-state index contributed by atoms with van der Waals surface area (Å²) in [6.45, 7) is 3.61. The highest BCUT2D eigenvalue weighted by Gasteiger charge is 2.22. The van der Waals surface area contributed by atoms with Gasteiger partial charge in [0.1, 0.15) is 0 Å². The summed E-state index contributed by atoms with van der Waals surface area (Å²) in [5.41, 5.74) is 2.02. The molecule has 1 amide bonds. The van der Waals surface area contributed by atoms with Gasteiger partial charge in [0.25, 0.3) is 5.91 Å². The molecule has 0 aromatic heterocycles. The first-order chi connectivity index (χ1) is 12.8. The predicted octanol–water partition coefficient (Wildman–Crippen LogP) is 2.67. The van der Waals surface area contributed by atoms with Gasteiger partial charge in [-0.3, -0.25) is 14.4 Å². The predicted molar refractivity (Wildman–Crippen MR) is 108 cm³/mol. The van der Waals surface area contributed by atoms with Crippen molar-refractivity contribution in [3.05, 3.63) is 64.7 Å². The molecule has 8 heteroatoms. The maximum absolute atomic E-state index is 12.7. The number of nitrogens with one attached hydrogen (secondary N) is 1. The highest BCUT2D eigenvalue weighted by Crippen LogP contribution is 2.17. The summed E-state index contributed by atoms with van der Waals surface area (Å²) in [5, 5.41) is 0.726. The van der Waals surface area contributed by atoms with Gasteiger partial charge in [-0.05, 0) is 35.9 Å². The van der Waals surface area contributed by atoms with Gasteiger partial charge < -0.3 is 4.90 Å². The van der Waals surface area contributed by atoms with Crippen LogP contribution in [0.25, 0.3) is 0 Å². The second kappa shape index (κ2) is 8.29. The molecule has 1 saturated heterocycles. The van der Waals surface area contributed by atoms with E-state index in [9.17, 15) is 13.2 Å². The molecule has 0 spiro atoms. The molecule has 2 aromatic rings. The summed E-state index contributed by atoms with van der Waals surface area (Å²) in [4.78, 5) is 16.8. The molecule has 27 heavy (non-hydrogen) atoms. The number of hydrogen-bond donors (Lipinski definition) is 1. The van der Waals surface area contributed by atoms with Crippen LogP contribution in [-0.4, -0.2) is 56.6 Å². The van der Waals surface area contributed by atoms with E-state index in [4.69, 9.17) is 11.6 Å². The van der Waals surface area contributed by atoms with Crippen molar-refractivity contribution in [1.29, 1.82) is 0 Å². The molecule has 6 nitrogen and oxygen atoms in total. The summed E-state index contributed by atoms with van der Waals surface area (Å²) >= 11 is 6.03. The molecule has 1 aliphatic heterocycles. The van der Waals surface area contributed by atoms with Gasteiger partial charge in [-0.25, -0.2) is 8.42 Å². The van der Waals surface area contributed by atoms with Crippen LogP contribution < -0.4 is 4.72 Å². The van der Waals surface area contributed by atoms with Crippen LogP contribution in [0.15, 0.2) is 48.5 Å². The number of sulfonamides is 1.